The summed E-state index contributed by atoms with van der Waals surface area (Å²) in [6.07, 6.45) is 2.01. The molecular weight excluding hydrogens is 504 g/mol. The fourth-order valence-corrected chi connectivity index (χ4v) is 5.38. The number of benzene rings is 3. The molecule has 40 heavy (non-hydrogen) atoms. The number of anilines is 3. The third kappa shape index (κ3) is 6.50. The second kappa shape index (κ2) is 12.8. The lowest BCUT2D eigenvalue weighted by Gasteiger charge is -2.39. The van der Waals surface area contributed by atoms with Crippen LogP contribution in [-0.2, 0) is 4.79 Å². The van der Waals surface area contributed by atoms with E-state index in [0.29, 0.717) is 22.9 Å². The molecule has 2 heterocycles. The van der Waals surface area contributed by atoms with E-state index < -0.39 is 0 Å². The van der Waals surface area contributed by atoms with E-state index in [1.165, 1.54) is 0 Å². The van der Waals surface area contributed by atoms with Crippen LogP contribution in [0.2, 0.25) is 0 Å². The third-order valence-electron chi connectivity index (χ3n) is 7.74. The summed E-state index contributed by atoms with van der Waals surface area (Å²) < 4.78 is 11.2. The Morgan fingerprint density at radius 2 is 1.48 bits per heavy atom. The van der Waals surface area contributed by atoms with Crippen molar-refractivity contribution in [3.8, 4) is 11.5 Å². The van der Waals surface area contributed by atoms with Crippen LogP contribution in [0.4, 0.5) is 17.1 Å². The minimum atomic E-state index is -0.271. The summed E-state index contributed by atoms with van der Waals surface area (Å²) in [5, 5.41) is 2.91. The maximum Gasteiger partial charge on any atom is 0.262 e. The van der Waals surface area contributed by atoms with E-state index in [1.807, 2.05) is 71.6 Å². The molecular formula is C32H38N4O4. The summed E-state index contributed by atoms with van der Waals surface area (Å²) in [5.74, 6) is 1.87. The molecule has 2 saturated heterocycles. The van der Waals surface area contributed by atoms with Gasteiger partial charge in [0, 0.05) is 50.6 Å². The van der Waals surface area contributed by atoms with E-state index in [0.717, 1.165) is 69.2 Å². The van der Waals surface area contributed by atoms with Gasteiger partial charge in [0.2, 0.25) is 0 Å². The molecule has 8 nitrogen and oxygen atoms in total. The molecule has 3 aromatic rings. The predicted octanol–water partition coefficient (Wildman–Crippen LogP) is 4.91. The summed E-state index contributed by atoms with van der Waals surface area (Å²) in [7, 11) is 1.70. The largest absolute Gasteiger partial charge is 0.495 e. The maximum absolute atomic E-state index is 13.8. The van der Waals surface area contributed by atoms with Gasteiger partial charge in [-0.05, 0) is 61.2 Å². The number of likely N-dealkylation sites (tertiary alicyclic amines) is 1. The predicted molar refractivity (Wildman–Crippen MR) is 159 cm³/mol. The first-order valence-electron chi connectivity index (χ1n) is 14.1. The third-order valence-corrected chi connectivity index (χ3v) is 7.74. The van der Waals surface area contributed by atoms with E-state index in [2.05, 4.69) is 28.1 Å². The first kappa shape index (κ1) is 27.4. The lowest BCUT2D eigenvalue weighted by atomic mass is 9.98. The monoisotopic (exact) mass is 542 g/mol. The van der Waals surface area contributed by atoms with Crippen molar-refractivity contribution in [1.29, 1.82) is 0 Å². The molecule has 1 N–H and O–H groups in total. The Morgan fingerprint density at radius 1 is 0.825 bits per heavy atom. The fraction of sp³-hybridized carbons (Fsp3) is 0.375. The number of hydrogen-bond donors (Lipinski definition) is 1. The molecule has 8 heteroatoms. The molecule has 2 aliphatic heterocycles. The number of rotatable bonds is 8. The fourth-order valence-electron chi connectivity index (χ4n) is 5.38. The van der Waals surface area contributed by atoms with Gasteiger partial charge in [-0.3, -0.25) is 9.59 Å². The SMILES string of the molecule is COc1ccccc1N1CCN(c2ccc(NC(=O)COc3ccccc3)cc2C(=O)N2CCC(C)CC2)CC1. The van der Waals surface area contributed by atoms with Crippen molar-refractivity contribution in [3.63, 3.8) is 0 Å². The normalized spacial score (nSPS) is 16.0. The molecule has 0 aromatic heterocycles. The Labute approximate surface area is 236 Å². The van der Waals surface area contributed by atoms with Crippen LogP contribution in [0.3, 0.4) is 0 Å². The molecule has 2 aliphatic rings. The number of piperidine rings is 1. The van der Waals surface area contributed by atoms with E-state index >= 15 is 0 Å². The van der Waals surface area contributed by atoms with Crippen LogP contribution in [-0.4, -0.2) is 69.7 Å². The number of amides is 2. The van der Waals surface area contributed by atoms with Crippen molar-refractivity contribution >= 4 is 28.9 Å². The average Bonchev–Trinajstić information content (AvgIpc) is 3.00. The number of piperazine rings is 1. The number of para-hydroxylation sites is 3. The number of ether oxygens (including phenoxy) is 2. The molecule has 210 valence electrons. The van der Waals surface area contributed by atoms with E-state index in [1.54, 1.807) is 7.11 Å². The zero-order chi connectivity index (χ0) is 27.9. The Kier molecular flexibility index (Phi) is 8.74. The Morgan fingerprint density at radius 3 is 2.17 bits per heavy atom. The van der Waals surface area contributed by atoms with Gasteiger partial charge in [0.05, 0.1) is 18.4 Å². The summed E-state index contributed by atoms with van der Waals surface area (Å²) in [4.78, 5) is 33.0. The number of nitrogens with one attached hydrogen (secondary N) is 1. The molecule has 0 bridgehead atoms. The highest BCUT2D eigenvalue weighted by Gasteiger charge is 2.27. The quantitative estimate of drug-likeness (QED) is 0.436. The number of methoxy groups -OCH3 is 1. The Bertz CT molecular complexity index is 1300. The van der Waals surface area contributed by atoms with Crippen LogP contribution in [0.15, 0.2) is 72.8 Å². The lowest BCUT2D eigenvalue weighted by molar-refractivity contribution is -0.118. The van der Waals surface area contributed by atoms with Gasteiger partial charge in [-0.1, -0.05) is 37.3 Å². The van der Waals surface area contributed by atoms with Crippen molar-refractivity contribution in [2.45, 2.75) is 19.8 Å². The molecule has 3 aromatic carbocycles. The maximum atomic E-state index is 13.8. The number of nitrogens with zero attached hydrogens (tertiary/aromatic N) is 3. The second-order valence-electron chi connectivity index (χ2n) is 10.5. The standard InChI is InChI=1S/C32H38N4O4/c1-24-14-16-36(17-15-24)32(38)27-22-25(33-31(37)23-40-26-8-4-3-5-9-26)12-13-28(27)34-18-20-35(21-19-34)29-10-6-7-11-30(29)39-2/h3-13,22,24H,14-21,23H2,1-2H3,(H,33,37). The summed E-state index contributed by atoms with van der Waals surface area (Å²) >= 11 is 0. The van der Waals surface area contributed by atoms with Gasteiger partial charge < -0.3 is 29.5 Å². The average molecular weight is 543 g/mol. The number of carbonyl (C=O) groups excluding carboxylic acids is 2. The van der Waals surface area contributed by atoms with Crippen LogP contribution in [0.1, 0.15) is 30.1 Å². The molecule has 2 fully saturated rings. The van der Waals surface area contributed by atoms with Gasteiger partial charge in [-0.15, -0.1) is 0 Å². The van der Waals surface area contributed by atoms with Crippen molar-refractivity contribution in [1.82, 2.24) is 4.90 Å². The Hall–Kier alpha value is -4.20. The van der Waals surface area contributed by atoms with Crippen molar-refractivity contribution in [2.75, 3.05) is 68.1 Å². The van der Waals surface area contributed by atoms with Crippen LogP contribution < -0.4 is 24.6 Å². The highest BCUT2D eigenvalue weighted by molar-refractivity contribution is 6.02. The highest BCUT2D eigenvalue weighted by atomic mass is 16.5. The summed E-state index contributed by atoms with van der Waals surface area (Å²) in [6, 6.07) is 23.0. The highest BCUT2D eigenvalue weighted by Crippen LogP contribution is 2.32. The van der Waals surface area contributed by atoms with Crippen LogP contribution in [0, 0.1) is 5.92 Å². The van der Waals surface area contributed by atoms with Crippen LogP contribution in [0.25, 0.3) is 0 Å². The van der Waals surface area contributed by atoms with Gasteiger partial charge in [0.25, 0.3) is 11.8 Å². The molecule has 2 amide bonds. The van der Waals surface area contributed by atoms with Crippen LogP contribution >= 0.6 is 0 Å². The molecule has 0 aliphatic carbocycles. The lowest BCUT2D eigenvalue weighted by Crippen LogP contribution is -2.47. The molecule has 0 atom stereocenters. The second-order valence-corrected chi connectivity index (χ2v) is 10.5. The van der Waals surface area contributed by atoms with Gasteiger partial charge in [0.15, 0.2) is 6.61 Å². The topological polar surface area (TPSA) is 74.4 Å². The molecule has 0 saturated carbocycles. The minimum absolute atomic E-state index is 0.0192. The summed E-state index contributed by atoms with van der Waals surface area (Å²) in [5.41, 5.74) is 3.20. The van der Waals surface area contributed by atoms with Crippen molar-refractivity contribution in [2.24, 2.45) is 5.92 Å². The summed E-state index contributed by atoms with van der Waals surface area (Å²) in [6.45, 7) is 6.80. The molecule has 0 spiro atoms. The van der Waals surface area contributed by atoms with E-state index in [9.17, 15) is 9.59 Å². The number of carbonyl (C=O) groups is 2. The van der Waals surface area contributed by atoms with Gasteiger partial charge >= 0.3 is 0 Å². The zero-order valence-corrected chi connectivity index (χ0v) is 23.3. The van der Waals surface area contributed by atoms with E-state index in [4.69, 9.17) is 9.47 Å². The van der Waals surface area contributed by atoms with Gasteiger partial charge in [0.1, 0.15) is 11.5 Å². The molecule has 0 radical (unpaired) electrons. The molecule has 0 unspecified atom stereocenters. The molecule has 5 rings (SSSR count). The zero-order valence-electron chi connectivity index (χ0n) is 23.3. The van der Waals surface area contributed by atoms with Crippen LogP contribution in [0.5, 0.6) is 11.5 Å². The first-order valence-corrected chi connectivity index (χ1v) is 14.1. The van der Waals surface area contributed by atoms with Gasteiger partial charge in [-0.2, -0.15) is 0 Å². The smallest absolute Gasteiger partial charge is 0.262 e. The first-order chi connectivity index (χ1) is 19.5. The Balaban J connectivity index is 1.32. The minimum Gasteiger partial charge on any atom is -0.495 e. The number of hydrogen-bond acceptors (Lipinski definition) is 6. The van der Waals surface area contributed by atoms with Crippen molar-refractivity contribution < 1.29 is 19.1 Å². The van der Waals surface area contributed by atoms with E-state index in [-0.39, 0.29) is 18.4 Å². The van der Waals surface area contributed by atoms with Crippen molar-refractivity contribution in [3.05, 3.63) is 78.4 Å². The van der Waals surface area contributed by atoms with Gasteiger partial charge in [-0.25, -0.2) is 0 Å².